The molecule has 1 aliphatic rings. The van der Waals surface area contributed by atoms with Crippen molar-refractivity contribution in [3.05, 3.63) is 35.1 Å². The smallest absolute Gasteiger partial charge is 0.339 e. The predicted octanol–water partition coefficient (Wildman–Crippen LogP) is 3.39. The van der Waals surface area contributed by atoms with Gasteiger partial charge in [0.2, 0.25) is 0 Å². The van der Waals surface area contributed by atoms with Crippen LogP contribution in [0.1, 0.15) is 34.5 Å². The molecule has 0 atom stereocenters. The van der Waals surface area contributed by atoms with Crippen molar-refractivity contribution in [1.29, 1.82) is 0 Å². The van der Waals surface area contributed by atoms with Gasteiger partial charge in [0.25, 0.3) is 0 Å². The molecule has 0 amide bonds. The highest BCUT2D eigenvalue weighted by atomic mass is 16.4. The van der Waals surface area contributed by atoms with Gasteiger partial charge in [0, 0.05) is 5.39 Å². The number of carboxylic acid groups (broad SMARTS) is 1. The highest BCUT2D eigenvalue weighted by Crippen LogP contribution is 2.36. The Hall–Kier alpha value is -1.77. The van der Waals surface area contributed by atoms with E-state index in [1.807, 2.05) is 18.2 Å². The Balaban J connectivity index is 2.23. The summed E-state index contributed by atoms with van der Waals surface area (Å²) in [5, 5.41) is 10.1. The second-order valence-corrected chi connectivity index (χ2v) is 4.78. The third-order valence-corrected chi connectivity index (χ3v) is 3.40. The number of aromatic carboxylic acids is 1. The molecule has 88 valence electrons. The molecular formula is C14H14O3. The van der Waals surface area contributed by atoms with E-state index in [4.69, 9.17) is 4.42 Å². The minimum absolute atomic E-state index is 0.330. The molecule has 2 aromatic rings. The lowest BCUT2D eigenvalue weighted by atomic mass is 10.0. The molecule has 1 fully saturated rings. The van der Waals surface area contributed by atoms with Crippen LogP contribution in [0.3, 0.4) is 0 Å². The van der Waals surface area contributed by atoms with Gasteiger partial charge < -0.3 is 9.52 Å². The Bertz CT molecular complexity index is 591. The molecule has 0 saturated heterocycles. The van der Waals surface area contributed by atoms with Gasteiger partial charge in [-0.05, 0) is 43.7 Å². The van der Waals surface area contributed by atoms with Gasteiger partial charge >= 0.3 is 5.97 Å². The summed E-state index contributed by atoms with van der Waals surface area (Å²) < 4.78 is 5.52. The van der Waals surface area contributed by atoms with Gasteiger partial charge in [0.1, 0.15) is 16.9 Å². The number of fused-ring (bicyclic) bond motifs is 1. The van der Waals surface area contributed by atoms with Gasteiger partial charge in [-0.3, -0.25) is 0 Å². The third kappa shape index (κ3) is 1.71. The summed E-state index contributed by atoms with van der Waals surface area (Å²) in [7, 11) is 0. The summed E-state index contributed by atoms with van der Waals surface area (Å²) in [4.78, 5) is 11.3. The van der Waals surface area contributed by atoms with Crippen LogP contribution in [-0.4, -0.2) is 11.1 Å². The van der Waals surface area contributed by atoms with Crippen LogP contribution in [0.4, 0.5) is 0 Å². The highest BCUT2D eigenvalue weighted by molar-refractivity contribution is 6.05. The monoisotopic (exact) mass is 230 g/mol. The van der Waals surface area contributed by atoms with Crippen molar-refractivity contribution in [3.8, 4) is 0 Å². The molecule has 1 saturated carbocycles. The maximum absolute atomic E-state index is 11.3. The van der Waals surface area contributed by atoms with E-state index in [-0.39, 0.29) is 0 Å². The first kappa shape index (κ1) is 10.4. The van der Waals surface area contributed by atoms with Gasteiger partial charge in [-0.25, -0.2) is 4.79 Å². The summed E-state index contributed by atoms with van der Waals surface area (Å²) in [6.07, 6.45) is 3.49. The maximum Gasteiger partial charge on any atom is 0.339 e. The number of carbonyl (C=O) groups is 1. The molecule has 1 aromatic carbocycles. The first-order chi connectivity index (χ1) is 8.16. The molecule has 17 heavy (non-hydrogen) atoms. The van der Waals surface area contributed by atoms with E-state index in [1.54, 1.807) is 6.92 Å². The molecule has 0 aliphatic heterocycles. The van der Waals surface area contributed by atoms with Crippen LogP contribution in [-0.2, 0) is 6.42 Å². The quantitative estimate of drug-likeness (QED) is 0.879. The van der Waals surface area contributed by atoms with Gasteiger partial charge in [-0.1, -0.05) is 12.1 Å². The third-order valence-electron chi connectivity index (χ3n) is 3.40. The zero-order valence-corrected chi connectivity index (χ0v) is 9.69. The SMILES string of the molecule is Cc1oc2cccc(CC3CC3)c2c1C(=O)O. The van der Waals surface area contributed by atoms with Crippen LogP contribution in [0.15, 0.2) is 22.6 Å². The normalized spacial score (nSPS) is 15.4. The molecule has 3 rings (SSSR count). The lowest BCUT2D eigenvalue weighted by molar-refractivity contribution is 0.0697. The number of aryl methyl sites for hydroxylation is 1. The van der Waals surface area contributed by atoms with E-state index < -0.39 is 5.97 Å². The van der Waals surface area contributed by atoms with E-state index in [9.17, 15) is 9.90 Å². The minimum Gasteiger partial charge on any atom is -0.478 e. The van der Waals surface area contributed by atoms with Crippen molar-refractivity contribution in [2.75, 3.05) is 0 Å². The van der Waals surface area contributed by atoms with Crippen molar-refractivity contribution in [3.63, 3.8) is 0 Å². The fourth-order valence-corrected chi connectivity index (χ4v) is 2.40. The minimum atomic E-state index is -0.899. The molecule has 0 spiro atoms. The van der Waals surface area contributed by atoms with Gasteiger partial charge in [-0.2, -0.15) is 0 Å². The Morgan fingerprint density at radius 1 is 1.47 bits per heavy atom. The molecular weight excluding hydrogens is 216 g/mol. The number of hydrogen-bond donors (Lipinski definition) is 1. The summed E-state index contributed by atoms with van der Waals surface area (Å²) in [5.41, 5.74) is 2.13. The first-order valence-electron chi connectivity index (χ1n) is 5.91. The van der Waals surface area contributed by atoms with Crippen molar-refractivity contribution >= 4 is 16.9 Å². The van der Waals surface area contributed by atoms with Crippen LogP contribution in [0.25, 0.3) is 11.0 Å². The maximum atomic E-state index is 11.3. The molecule has 3 nitrogen and oxygen atoms in total. The topological polar surface area (TPSA) is 50.4 Å². The van der Waals surface area contributed by atoms with Gasteiger partial charge in [0.15, 0.2) is 0 Å². The Morgan fingerprint density at radius 3 is 2.88 bits per heavy atom. The van der Waals surface area contributed by atoms with Crippen molar-refractivity contribution in [2.24, 2.45) is 5.92 Å². The van der Waals surface area contributed by atoms with Crippen molar-refractivity contribution in [2.45, 2.75) is 26.2 Å². The van der Waals surface area contributed by atoms with Crippen LogP contribution < -0.4 is 0 Å². The summed E-state index contributed by atoms with van der Waals surface area (Å²) in [6, 6.07) is 5.79. The molecule has 1 heterocycles. The molecule has 1 N–H and O–H groups in total. The molecule has 1 aromatic heterocycles. The Kier molecular flexibility index (Phi) is 2.21. The average molecular weight is 230 g/mol. The van der Waals surface area contributed by atoms with E-state index in [0.717, 1.165) is 23.3 Å². The van der Waals surface area contributed by atoms with Crippen LogP contribution in [0.5, 0.6) is 0 Å². The number of hydrogen-bond acceptors (Lipinski definition) is 2. The first-order valence-corrected chi connectivity index (χ1v) is 5.91. The van der Waals surface area contributed by atoms with Gasteiger partial charge in [-0.15, -0.1) is 0 Å². The number of rotatable bonds is 3. The van der Waals surface area contributed by atoms with E-state index in [0.29, 0.717) is 16.9 Å². The zero-order valence-electron chi connectivity index (χ0n) is 9.69. The second kappa shape index (κ2) is 3.62. The molecule has 0 unspecified atom stereocenters. The standard InChI is InChI=1S/C14H14O3/c1-8-12(14(15)16)13-10(7-9-5-6-9)3-2-4-11(13)17-8/h2-4,9H,5-7H2,1H3,(H,15,16). The molecule has 0 bridgehead atoms. The lowest BCUT2D eigenvalue weighted by Gasteiger charge is -2.02. The summed E-state index contributed by atoms with van der Waals surface area (Å²) in [6.45, 7) is 1.71. The number of benzene rings is 1. The fraction of sp³-hybridized carbons (Fsp3) is 0.357. The highest BCUT2D eigenvalue weighted by Gasteiger charge is 2.25. The van der Waals surface area contributed by atoms with Crippen LogP contribution in [0, 0.1) is 12.8 Å². The molecule has 1 aliphatic carbocycles. The van der Waals surface area contributed by atoms with E-state index in [2.05, 4.69) is 0 Å². The molecule has 0 radical (unpaired) electrons. The Labute approximate surface area is 99.0 Å². The summed E-state index contributed by atoms with van der Waals surface area (Å²) >= 11 is 0. The lowest BCUT2D eigenvalue weighted by Crippen LogP contribution is -1.99. The van der Waals surface area contributed by atoms with Gasteiger partial charge in [0.05, 0.1) is 0 Å². The van der Waals surface area contributed by atoms with Crippen LogP contribution >= 0.6 is 0 Å². The largest absolute Gasteiger partial charge is 0.478 e. The molecule has 3 heteroatoms. The second-order valence-electron chi connectivity index (χ2n) is 4.78. The van der Waals surface area contributed by atoms with E-state index in [1.165, 1.54) is 12.8 Å². The van der Waals surface area contributed by atoms with Crippen molar-refractivity contribution in [1.82, 2.24) is 0 Å². The zero-order chi connectivity index (χ0) is 12.0. The number of furan rings is 1. The predicted molar refractivity (Wildman–Crippen MR) is 64.3 cm³/mol. The summed E-state index contributed by atoms with van der Waals surface area (Å²) in [5.74, 6) is 0.331. The number of carboxylic acids is 1. The average Bonchev–Trinajstić information content (AvgIpc) is 2.99. The van der Waals surface area contributed by atoms with Crippen molar-refractivity contribution < 1.29 is 14.3 Å². The Morgan fingerprint density at radius 2 is 2.24 bits per heavy atom. The van der Waals surface area contributed by atoms with E-state index >= 15 is 0 Å². The fourth-order valence-electron chi connectivity index (χ4n) is 2.40. The van der Waals surface area contributed by atoms with Crippen LogP contribution in [0.2, 0.25) is 0 Å².